The molecular weight excluding hydrogens is 304 g/mol. The second kappa shape index (κ2) is 6.32. The van der Waals surface area contributed by atoms with Crippen LogP contribution in [0.25, 0.3) is 10.2 Å². The van der Waals surface area contributed by atoms with Gasteiger partial charge >= 0.3 is 0 Å². The molecule has 0 amide bonds. The third kappa shape index (κ3) is 3.37. The molecule has 0 aliphatic carbocycles. The minimum absolute atomic E-state index is 0.0154. The van der Waals surface area contributed by atoms with E-state index in [4.69, 9.17) is 0 Å². The zero-order chi connectivity index (χ0) is 15.7. The van der Waals surface area contributed by atoms with Crippen molar-refractivity contribution in [2.75, 3.05) is 5.75 Å². The van der Waals surface area contributed by atoms with E-state index < -0.39 is 0 Å². The number of thioether (sulfide) groups is 1. The summed E-state index contributed by atoms with van der Waals surface area (Å²) in [5.74, 6) is 0.780. The van der Waals surface area contributed by atoms with Crippen LogP contribution in [0.3, 0.4) is 0 Å². The molecule has 0 saturated heterocycles. The van der Waals surface area contributed by atoms with E-state index >= 15 is 0 Å². The molecule has 21 heavy (non-hydrogen) atoms. The fraction of sp³-hybridized carbons (Fsp3) is 0.533. The molecule has 2 rings (SSSR count). The molecule has 0 spiro atoms. The Bertz CT molecular complexity index is 744. The maximum Gasteiger partial charge on any atom is 0.263 e. The lowest BCUT2D eigenvalue weighted by molar-refractivity contribution is -0.114. The number of hydrogen-bond acceptors (Lipinski definition) is 5. The molecule has 2 heterocycles. The Labute approximate surface area is 132 Å². The maximum atomic E-state index is 12.8. The van der Waals surface area contributed by atoms with Gasteiger partial charge in [0.2, 0.25) is 0 Å². The highest BCUT2D eigenvalue weighted by Crippen LogP contribution is 2.28. The van der Waals surface area contributed by atoms with Crippen molar-refractivity contribution in [2.45, 2.75) is 46.3 Å². The van der Waals surface area contributed by atoms with Gasteiger partial charge in [-0.1, -0.05) is 25.6 Å². The van der Waals surface area contributed by atoms with Crippen molar-refractivity contribution in [3.63, 3.8) is 0 Å². The smallest absolute Gasteiger partial charge is 0.263 e. The third-order valence-corrected chi connectivity index (χ3v) is 5.43. The number of rotatable bonds is 5. The summed E-state index contributed by atoms with van der Waals surface area (Å²) >= 11 is 2.90. The number of ketones is 1. The van der Waals surface area contributed by atoms with Crippen LogP contribution in [0.1, 0.15) is 31.2 Å². The maximum absolute atomic E-state index is 12.8. The fourth-order valence-corrected chi connectivity index (χ4v) is 3.99. The van der Waals surface area contributed by atoms with Crippen LogP contribution in [-0.2, 0) is 11.3 Å². The molecule has 0 bridgehead atoms. The summed E-state index contributed by atoms with van der Waals surface area (Å²) in [6, 6.07) is 0. The highest BCUT2D eigenvalue weighted by molar-refractivity contribution is 7.99. The molecular formula is C15H20N2O2S2. The molecule has 0 atom stereocenters. The number of thiophene rings is 1. The Hall–Kier alpha value is -1.14. The predicted octanol–water partition coefficient (Wildman–Crippen LogP) is 3.41. The highest BCUT2D eigenvalue weighted by atomic mass is 32.2. The van der Waals surface area contributed by atoms with Crippen LogP contribution in [0, 0.1) is 19.8 Å². The zero-order valence-electron chi connectivity index (χ0n) is 13.0. The first kappa shape index (κ1) is 16.2. The van der Waals surface area contributed by atoms with Crippen molar-refractivity contribution >= 4 is 39.1 Å². The van der Waals surface area contributed by atoms with E-state index in [1.807, 2.05) is 13.8 Å². The predicted molar refractivity (Wildman–Crippen MR) is 89.6 cm³/mol. The molecule has 0 unspecified atom stereocenters. The van der Waals surface area contributed by atoms with Gasteiger partial charge in [0, 0.05) is 11.4 Å². The van der Waals surface area contributed by atoms with E-state index in [1.165, 1.54) is 11.8 Å². The van der Waals surface area contributed by atoms with Crippen LogP contribution in [0.2, 0.25) is 0 Å². The average Bonchev–Trinajstić information content (AvgIpc) is 2.66. The van der Waals surface area contributed by atoms with Crippen molar-refractivity contribution in [2.24, 2.45) is 5.92 Å². The monoisotopic (exact) mass is 324 g/mol. The molecule has 0 N–H and O–H groups in total. The lowest BCUT2D eigenvalue weighted by Crippen LogP contribution is -2.25. The van der Waals surface area contributed by atoms with Crippen LogP contribution >= 0.6 is 23.1 Å². The summed E-state index contributed by atoms with van der Waals surface area (Å²) < 4.78 is 1.72. The topological polar surface area (TPSA) is 52.0 Å². The Balaban J connectivity index is 2.64. The lowest BCUT2D eigenvalue weighted by atomic mass is 10.2. The molecule has 0 fully saturated rings. The number of Topliss-reactive ketones (excluding diaryl/α,β-unsaturated/α-hetero) is 1. The van der Waals surface area contributed by atoms with Crippen LogP contribution in [0.15, 0.2) is 9.95 Å². The normalized spacial score (nSPS) is 11.5. The van der Waals surface area contributed by atoms with E-state index in [9.17, 15) is 9.59 Å². The van der Waals surface area contributed by atoms with Gasteiger partial charge in [-0.3, -0.25) is 14.2 Å². The number of fused-ring (bicyclic) bond motifs is 1. The van der Waals surface area contributed by atoms with Crippen LogP contribution in [0.4, 0.5) is 0 Å². The van der Waals surface area contributed by atoms with Crippen molar-refractivity contribution in [3.8, 4) is 0 Å². The SMILES string of the molecule is CC(=O)CSc1nc2sc(C)c(C)c2c(=O)n1CC(C)C. The summed E-state index contributed by atoms with van der Waals surface area (Å²) in [7, 11) is 0. The van der Waals surface area contributed by atoms with Crippen molar-refractivity contribution in [1.29, 1.82) is 0 Å². The van der Waals surface area contributed by atoms with Gasteiger partial charge in [0.15, 0.2) is 5.16 Å². The van der Waals surface area contributed by atoms with Gasteiger partial charge in [-0.05, 0) is 32.3 Å². The second-order valence-corrected chi connectivity index (χ2v) is 7.80. The molecule has 2 aromatic rings. The molecule has 0 aromatic carbocycles. The minimum atomic E-state index is 0.0154. The standard InChI is InChI=1S/C15H20N2O2S2/c1-8(2)6-17-14(19)12-10(4)11(5)21-13(12)16-15(17)20-7-9(3)18/h8H,6-7H2,1-5H3. The van der Waals surface area contributed by atoms with Crippen LogP contribution in [-0.4, -0.2) is 21.1 Å². The van der Waals surface area contributed by atoms with Crippen molar-refractivity contribution in [3.05, 3.63) is 20.8 Å². The number of nitrogens with zero attached hydrogens (tertiary/aromatic N) is 2. The van der Waals surface area contributed by atoms with Gasteiger partial charge in [0.1, 0.15) is 10.6 Å². The molecule has 0 aliphatic heterocycles. The zero-order valence-corrected chi connectivity index (χ0v) is 14.7. The van der Waals surface area contributed by atoms with Crippen LogP contribution < -0.4 is 5.56 Å². The van der Waals surface area contributed by atoms with Gasteiger partial charge in [0.25, 0.3) is 5.56 Å². The summed E-state index contributed by atoms with van der Waals surface area (Å²) in [5, 5.41) is 1.38. The number of carbonyl (C=O) groups excluding carboxylic acids is 1. The first-order valence-electron chi connectivity index (χ1n) is 6.94. The van der Waals surface area contributed by atoms with E-state index in [2.05, 4.69) is 18.8 Å². The average molecular weight is 324 g/mol. The summed E-state index contributed by atoms with van der Waals surface area (Å²) in [6.45, 7) is 10.3. The fourth-order valence-electron chi connectivity index (χ4n) is 2.11. The van der Waals surface area contributed by atoms with Crippen LogP contribution in [0.5, 0.6) is 0 Å². The molecule has 4 nitrogen and oxygen atoms in total. The van der Waals surface area contributed by atoms with Crippen molar-refractivity contribution < 1.29 is 4.79 Å². The Morgan fingerprint density at radius 2 is 2.05 bits per heavy atom. The molecule has 114 valence electrons. The number of carbonyl (C=O) groups is 1. The van der Waals surface area contributed by atoms with Gasteiger partial charge in [-0.2, -0.15) is 0 Å². The van der Waals surface area contributed by atoms with E-state index in [-0.39, 0.29) is 11.3 Å². The number of aromatic nitrogens is 2. The number of hydrogen-bond donors (Lipinski definition) is 0. The largest absolute Gasteiger partial charge is 0.299 e. The van der Waals surface area contributed by atoms with Gasteiger partial charge in [-0.25, -0.2) is 4.98 Å². The Morgan fingerprint density at radius 1 is 1.38 bits per heavy atom. The van der Waals surface area contributed by atoms with Crippen molar-refractivity contribution in [1.82, 2.24) is 9.55 Å². The molecule has 6 heteroatoms. The molecule has 2 aromatic heterocycles. The van der Waals surface area contributed by atoms with E-state index in [0.29, 0.717) is 23.4 Å². The Kier molecular flexibility index (Phi) is 4.88. The minimum Gasteiger partial charge on any atom is -0.299 e. The third-order valence-electron chi connectivity index (χ3n) is 3.21. The van der Waals surface area contributed by atoms with Gasteiger partial charge in [-0.15, -0.1) is 11.3 Å². The van der Waals surface area contributed by atoms with E-state index in [0.717, 1.165) is 20.7 Å². The summed E-state index contributed by atoms with van der Waals surface area (Å²) in [4.78, 5) is 30.6. The van der Waals surface area contributed by atoms with E-state index in [1.54, 1.807) is 22.8 Å². The number of aryl methyl sites for hydroxylation is 2. The molecule has 0 saturated carbocycles. The summed E-state index contributed by atoms with van der Waals surface area (Å²) in [6.07, 6.45) is 0. The molecule has 0 aliphatic rings. The first-order valence-corrected chi connectivity index (χ1v) is 8.74. The second-order valence-electron chi connectivity index (χ2n) is 5.66. The summed E-state index contributed by atoms with van der Waals surface area (Å²) in [5.41, 5.74) is 1.04. The van der Waals surface area contributed by atoms with Gasteiger partial charge in [0.05, 0.1) is 11.1 Å². The molecule has 0 radical (unpaired) electrons. The first-order chi connectivity index (χ1) is 9.81. The highest BCUT2D eigenvalue weighted by Gasteiger charge is 2.17. The lowest BCUT2D eigenvalue weighted by Gasteiger charge is -2.13. The Morgan fingerprint density at radius 3 is 2.62 bits per heavy atom. The quantitative estimate of drug-likeness (QED) is 0.625. The van der Waals surface area contributed by atoms with Gasteiger partial charge < -0.3 is 0 Å².